The lowest BCUT2D eigenvalue weighted by Gasteiger charge is -2.29. The number of morpholine rings is 1. The van der Waals surface area contributed by atoms with Gasteiger partial charge >= 0.3 is 0 Å². The second-order valence-electron chi connectivity index (χ2n) is 6.30. The lowest BCUT2D eigenvalue weighted by atomic mass is 10.1. The number of nitrogens with zero attached hydrogens (tertiary/aromatic N) is 2. The molecule has 1 aromatic carbocycles. The Morgan fingerprint density at radius 2 is 1.92 bits per heavy atom. The summed E-state index contributed by atoms with van der Waals surface area (Å²) in [5.41, 5.74) is 2.78. The smallest absolute Gasteiger partial charge is 0.255 e. The Balaban J connectivity index is 1.57. The molecule has 1 amide bonds. The van der Waals surface area contributed by atoms with Crippen LogP contribution in [0, 0.1) is 13.8 Å². The van der Waals surface area contributed by atoms with E-state index >= 15 is 0 Å². The molecule has 1 aliphatic rings. The molecule has 0 saturated carbocycles. The zero-order valence-corrected chi connectivity index (χ0v) is 15.3. The van der Waals surface area contributed by atoms with Gasteiger partial charge in [-0.2, -0.15) is 0 Å². The van der Waals surface area contributed by atoms with Gasteiger partial charge in [0.1, 0.15) is 18.2 Å². The number of aryl methyl sites for hydroxylation is 2. The third-order valence-corrected chi connectivity index (χ3v) is 4.38. The van der Waals surface area contributed by atoms with Gasteiger partial charge in [0.25, 0.3) is 5.91 Å². The fourth-order valence-electron chi connectivity index (χ4n) is 3.04. The van der Waals surface area contributed by atoms with Crippen molar-refractivity contribution >= 4 is 11.7 Å². The topological polar surface area (TPSA) is 63.7 Å². The first-order valence-corrected chi connectivity index (χ1v) is 8.92. The van der Waals surface area contributed by atoms with Crippen LogP contribution in [0.3, 0.4) is 0 Å². The summed E-state index contributed by atoms with van der Waals surface area (Å²) in [7, 11) is 0. The first kappa shape index (κ1) is 18.2. The second-order valence-corrected chi connectivity index (χ2v) is 6.30. The molecule has 0 atom stereocenters. The van der Waals surface area contributed by atoms with Crippen LogP contribution >= 0.6 is 0 Å². The minimum atomic E-state index is -0.135. The largest absolute Gasteiger partial charge is 0.491 e. The standard InChI is InChI=1S/C20H25N3O3/c1-15-5-3-6-16(2)18(15)26-12-9-22-20(24)17-7-4-8-21-19(17)23-10-13-25-14-11-23/h3-8H,9-14H2,1-2H3,(H,22,24). The maximum atomic E-state index is 12.6. The number of benzene rings is 1. The second kappa shape index (κ2) is 8.67. The number of hydrogen-bond donors (Lipinski definition) is 1. The fourth-order valence-corrected chi connectivity index (χ4v) is 3.04. The number of nitrogens with one attached hydrogen (secondary N) is 1. The van der Waals surface area contributed by atoms with Crippen LogP contribution in [0.2, 0.25) is 0 Å². The van der Waals surface area contributed by atoms with Gasteiger partial charge in [0.15, 0.2) is 0 Å². The highest BCUT2D eigenvalue weighted by Gasteiger charge is 2.19. The number of hydrogen-bond acceptors (Lipinski definition) is 5. The molecule has 0 bridgehead atoms. The Hall–Kier alpha value is -2.60. The summed E-state index contributed by atoms with van der Waals surface area (Å²) in [6.07, 6.45) is 1.71. The van der Waals surface area contributed by atoms with Crippen molar-refractivity contribution in [1.29, 1.82) is 0 Å². The van der Waals surface area contributed by atoms with Gasteiger partial charge < -0.3 is 19.7 Å². The van der Waals surface area contributed by atoms with Gasteiger partial charge in [0.05, 0.1) is 25.3 Å². The average Bonchev–Trinajstić information content (AvgIpc) is 2.67. The van der Waals surface area contributed by atoms with Crippen LogP contribution in [0.1, 0.15) is 21.5 Å². The average molecular weight is 355 g/mol. The minimum Gasteiger partial charge on any atom is -0.491 e. The predicted octanol–water partition coefficient (Wildman–Crippen LogP) is 2.34. The molecule has 2 aromatic rings. The molecule has 0 aliphatic carbocycles. The van der Waals surface area contributed by atoms with Gasteiger partial charge in [-0.05, 0) is 37.1 Å². The number of anilines is 1. The number of rotatable bonds is 6. The lowest BCUT2D eigenvalue weighted by molar-refractivity contribution is 0.0945. The van der Waals surface area contributed by atoms with Crippen LogP contribution in [0.5, 0.6) is 5.75 Å². The third-order valence-electron chi connectivity index (χ3n) is 4.38. The van der Waals surface area contributed by atoms with Crippen molar-refractivity contribution in [1.82, 2.24) is 10.3 Å². The zero-order chi connectivity index (χ0) is 18.4. The highest BCUT2D eigenvalue weighted by atomic mass is 16.5. The maximum absolute atomic E-state index is 12.6. The molecule has 6 heteroatoms. The van der Waals surface area contributed by atoms with Crippen molar-refractivity contribution in [2.24, 2.45) is 0 Å². The molecular formula is C20H25N3O3. The number of carbonyl (C=O) groups excluding carboxylic acids is 1. The Labute approximate surface area is 154 Å². The number of para-hydroxylation sites is 1. The molecule has 26 heavy (non-hydrogen) atoms. The Kier molecular flexibility index (Phi) is 6.07. The van der Waals surface area contributed by atoms with Gasteiger partial charge in [0, 0.05) is 19.3 Å². The molecule has 0 unspecified atom stereocenters. The van der Waals surface area contributed by atoms with Crippen LogP contribution in [-0.2, 0) is 4.74 Å². The predicted molar refractivity (Wildman–Crippen MR) is 101 cm³/mol. The van der Waals surface area contributed by atoms with Crippen LogP contribution in [-0.4, -0.2) is 50.3 Å². The molecule has 1 N–H and O–H groups in total. The van der Waals surface area contributed by atoms with E-state index in [-0.39, 0.29) is 5.91 Å². The Morgan fingerprint density at radius 1 is 1.19 bits per heavy atom. The molecule has 2 heterocycles. The van der Waals surface area contributed by atoms with Crippen LogP contribution < -0.4 is 15.0 Å². The number of pyridine rings is 1. The van der Waals surface area contributed by atoms with Crippen molar-refractivity contribution in [2.75, 3.05) is 44.4 Å². The number of amides is 1. The molecule has 1 aliphatic heterocycles. The molecule has 0 spiro atoms. The van der Waals surface area contributed by atoms with E-state index in [0.29, 0.717) is 37.7 Å². The molecule has 1 saturated heterocycles. The van der Waals surface area contributed by atoms with Gasteiger partial charge in [-0.1, -0.05) is 18.2 Å². The summed E-state index contributed by atoms with van der Waals surface area (Å²) in [4.78, 5) is 19.1. The van der Waals surface area contributed by atoms with E-state index in [2.05, 4.69) is 15.2 Å². The quantitative estimate of drug-likeness (QED) is 0.806. The van der Waals surface area contributed by atoms with E-state index < -0.39 is 0 Å². The number of ether oxygens (including phenoxy) is 2. The number of carbonyl (C=O) groups is 1. The first-order valence-electron chi connectivity index (χ1n) is 8.92. The zero-order valence-electron chi connectivity index (χ0n) is 15.3. The van der Waals surface area contributed by atoms with Crippen molar-refractivity contribution in [3.8, 4) is 5.75 Å². The summed E-state index contributed by atoms with van der Waals surface area (Å²) < 4.78 is 11.2. The highest BCUT2D eigenvalue weighted by Crippen LogP contribution is 2.22. The Bertz CT molecular complexity index is 737. The summed E-state index contributed by atoms with van der Waals surface area (Å²) in [5.74, 6) is 1.46. The number of aromatic nitrogens is 1. The van der Waals surface area contributed by atoms with E-state index in [9.17, 15) is 4.79 Å². The van der Waals surface area contributed by atoms with Gasteiger partial charge in [-0.15, -0.1) is 0 Å². The fraction of sp³-hybridized carbons (Fsp3) is 0.400. The third kappa shape index (κ3) is 4.32. The monoisotopic (exact) mass is 355 g/mol. The van der Waals surface area contributed by atoms with Crippen molar-refractivity contribution in [2.45, 2.75) is 13.8 Å². The van der Waals surface area contributed by atoms with Gasteiger partial charge in [0.2, 0.25) is 0 Å². The SMILES string of the molecule is Cc1cccc(C)c1OCCNC(=O)c1cccnc1N1CCOCC1. The van der Waals surface area contributed by atoms with E-state index in [1.807, 2.05) is 32.0 Å². The summed E-state index contributed by atoms with van der Waals surface area (Å²) in [6, 6.07) is 9.64. The van der Waals surface area contributed by atoms with Crippen molar-refractivity contribution < 1.29 is 14.3 Å². The molecule has 0 radical (unpaired) electrons. The Morgan fingerprint density at radius 3 is 2.65 bits per heavy atom. The maximum Gasteiger partial charge on any atom is 0.255 e. The molecule has 3 rings (SSSR count). The molecular weight excluding hydrogens is 330 g/mol. The minimum absolute atomic E-state index is 0.135. The molecule has 1 aromatic heterocycles. The highest BCUT2D eigenvalue weighted by molar-refractivity contribution is 5.98. The summed E-state index contributed by atoms with van der Waals surface area (Å²) in [5, 5.41) is 2.93. The molecule has 6 nitrogen and oxygen atoms in total. The summed E-state index contributed by atoms with van der Waals surface area (Å²) in [6.45, 7) is 7.69. The van der Waals surface area contributed by atoms with E-state index in [0.717, 1.165) is 30.0 Å². The van der Waals surface area contributed by atoms with Crippen molar-refractivity contribution in [3.05, 3.63) is 53.2 Å². The van der Waals surface area contributed by atoms with Crippen molar-refractivity contribution in [3.63, 3.8) is 0 Å². The van der Waals surface area contributed by atoms with Gasteiger partial charge in [-0.3, -0.25) is 4.79 Å². The van der Waals surface area contributed by atoms with E-state index in [1.165, 1.54) is 0 Å². The lowest BCUT2D eigenvalue weighted by Crippen LogP contribution is -2.38. The summed E-state index contributed by atoms with van der Waals surface area (Å²) >= 11 is 0. The molecule has 138 valence electrons. The van der Waals surface area contributed by atoms with Gasteiger partial charge in [-0.25, -0.2) is 4.98 Å². The van der Waals surface area contributed by atoms with Crippen LogP contribution in [0.25, 0.3) is 0 Å². The molecule has 1 fully saturated rings. The van der Waals surface area contributed by atoms with E-state index in [4.69, 9.17) is 9.47 Å². The van der Waals surface area contributed by atoms with Crippen LogP contribution in [0.4, 0.5) is 5.82 Å². The van der Waals surface area contributed by atoms with Crippen LogP contribution in [0.15, 0.2) is 36.5 Å². The van der Waals surface area contributed by atoms with E-state index in [1.54, 1.807) is 18.3 Å². The normalized spacial score (nSPS) is 14.2. The first-order chi connectivity index (χ1) is 12.7.